The highest BCUT2D eigenvalue weighted by Crippen LogP contribution is 2.23. The fraction of sp³-hybridized carbons (Fsp3) is 0.579. The normalized spacial score (nSPS) is 19.9. The lowest BCUT2D eigenvalue weighted by Crippen LogP contribution is -2.44. The van der Waals surface area contributed by atoms with Crippen LogP contribution in [-0.2, 0) is 16.1 Å². The second kappa shape index (κ2) is 8.89. The van der Waals surface area contributed by atoms with E-state index < -0.39 is 23.9 Å². The third-order valence-corrected chi connectivity index (χ3v) is 4.06. The Kier molecular flexibility index (Phi) is 6.85. The third kappa shape index (κ3) is 6.22. The van der Waals surface area contributed by atoms with Crippen molar-refractivity contribution in [3.63, 3.8) is 0 Å². The number of carbonyl (C=O) groups excluding carboxylic acids is 2. The first-order chi connectivity index (χ1) is 12.3. The highest BCUT2D eigenvalue weighted by Gasteiger charge is 2.37. The molecule has 1 aromatic carbocycles. The maximum Gasteiger partial charge on any atom is 0.410 e. The van der Waals surface area contributed by atoms with Gasteiger partial charge in [0.05, 0.1) is 12.1 Å². The number of nitrogens with one attached hydrogen (secondary N) is 1. The summed E-state index contributed by atoms with van der Waals surface area (Å²) in [5.41, 5.74) is 0.319. The molecule has 1 aromatic rings. The van der Waals surface area contributed by atoms with Crippen molar-refractivity contribution in [1.82, 2.24) is 10.2 Å². The van der Waals surface area contributed by atoms with Gasteiger partial charge in [-0.05, 0) is 39.2 Å². The van der Waals surface area contributed by atoms with E-state index in [1.807, 2.05) is 30.3 Å². The third-order valence-electron chi connectivity index (χ3n) is 4.06. The van der Waals surface area contributed by atoms with E-state index in [0.29, 0.717) is 25.9 Å². The highest BCUT2D eigenvalue weighted by molar-refractivity contribution is 5.69. The monoisotopic (exact) mass is 364 g/mol. The molecule has 2 rings (SSSR count). The van der Waals surface area contributed by atoms with Crippen molar-refractivity contribution in [2.75, 3.05) is 13.1 Å². The number of rotatable bonds is 5. The molecule has 7 nitrogen and oxygen atoms in total. The van der Waals surface area contributed by atoms with Gasteiger partial charge in [-0.1, -0.05) is 30.3 Å². The molecule has 0 aromatic heterocycles. The first-order valence-corrected chi connectivity index (χ1v) is 8.88. The predicted molar refractivity (Wildman–Crippen MR) is 96.6 cm³/mol. The number of hydrogen-bond acceptors (Lipinski definition) is 5. The van der Waals surface area contributed by atoms with Gasteiger partial charge in [0.25, 0.3) is 0 Å². The fourth-order valence-corrected chi connectivity index (χ4v) is 2.83. The summed E-state index contributed by atoms with van der Waals surface area (Å²) in [6.45, 7) is 6.35. The van der Waals surface area contributed by atoms with E-state index in [9.17, 15) is 14.7 Å². The van der Waals surface area contributed by atoms with Crippen LogP contribution in [0.15, 0.2) is 30.3 Å². The minimum atomic E-state index is -0.621. The van der Waals surface area contributed by atoms with E-state index in [2.05, 4.69) is 5.32 Å². The molecule has 0 saturated carbocycles. The highest BCUT2D eigenvalue weighted by atomic mass is 16.6. The van der Waals surface area contributed by atoms with Crippen molar-refractivity contribution in [2.45, 2.75) is 58.0 Å². The number of ether oxygens (including phenoxy) is 2. The zero-order valence-corrected chi connectivity index (χ0v) is 15.6. The van der Waals surface area contributed by atoms with Crippen LogP contribution >= 0.6 is 0 Å². The summed E-state index contributed by atoms with van der Waals surface area (Å²) in [4.78, 5) is 25.6. The molecular weight excluding hydrogens is 336 g/mol. The second-order valence-electron chi connectivity index (χ2n) is 7.37. The minimum Gasteiger partial charge on any atom is -0.445 e. The van der Waals surface area contributed by atoms with Crippen molar-refractivity contribution in [3.8, 4) is 0 Å². The van der Waals surface area contributed by atoms with Crippen molar-refractivity contribution in [3.05, 3.63) is 35.9 Å². The lowest BCUT2D eigenvalue weighted by molar-refractivity contribution is 0.0146. The zero-order valence-electron chi connectivity index (χ0n) is 15.6. The van der Waals surface area contributed by atoms with Crippen LogP contribution in [0, 0.1) is 0 Å². The number of hydrogen-bond donors (Lipinski definition) is 2. The van der Waals surface area contributed by atoms with Crippen LogP contribution in [0.2, 0.25) is 0 Å². The molecule has 1 fully saturated rings. The molecule has 0 radical (unpaired) electrons. The van der Waals surface area contributed by atoms with Gasteiger partial charge in [-0.2, -0.15) is 0 Å². The van der Waals surface area contributed by atoms with Gasteiger partial charge in [0, 0.05) is 13.1 Å². The van der Waals surface area contributed by atoms with Gasteiger partial charge in [-0.3, -0.25) is 0 Å². The summed E-state index contributed by atoms with van der Waals surface area (Å²) >= 11 is 0. The van der Waals surface area contributed by atoms with Crippen LogP contribution in [0.25, 0.3) is 0 Å². The Morgan fingerprint density at radius 3 is 2.62 bits per heavy atom. The van der Waals surface area contributed by atoms with Gasteiger partial charge >= 0.3 is 12.2 Å². The predicted octanol–water partition coefficient (Wildman–Crippen LogP) is 2.67. The molecule has 1 heterocycles. The Hall–Kier alpha value is -2.28. The summed E-state index contributed by atoms with van der Waals surface area (Å²) < 4.78 is 10.5. The van der Waals surface area contributed by atoms with Gasteiger partial charge < -0.3 is 24.8 Å². The maximum atomic E-state index is 12.3. The standard InChI is InChI=1S/C19H28N2O5/c1-19(2,3)26-18(24)21-12-10-16(22)15(21)9-11-20-17(23)25-13-14-7-5-4-6-8-14/h4-8,15-16,22H,9-13H2,1-3H3,(H,20,23)/t15-,16+/m1/s1. The van der Waals surface area contributed by atoms with Gasteiger partial charge in [-0.25, -0.2) is 9.59 Å². The first kappa shape index (κ1) is 20.0. The number of aliphatic hydroxyl groups is 1. The summed E-state index contributed by atoms with van der Waals surface area (Å²) in [7, 11) is 0. The molecular formula is C19H28N2O5. The lowest BCUT2D eigenvalue weighted by Gasteiger charge is -2.29. The molecule has 144 valence electrons. The lowest BCUT2D eigenvalue weighted by atomic mass is 10.1. The van der Waals surface area contributed by atoms with Gasteiger partial charge in [0.1, 0.15) is 12.2 Å². The Morgan fingerprint density at radius 2 is 1.96 bits per heavy atom. The smallest absolute Gasteiger partial charge is 0.410 e. The van der Waals surface area contributed by atoms with Crippen LogP contribution in [0.1, 0.15) is 39.2 Å². The zero-order chi connectivity index (χ0) is 19.2. The Morgan fingerprint density at radius 1 is 1.27 bits per heavy atom. The summed E-state index contributed by atoms with van der Waals surface area (Å²) in [5, 5.41) is 12.8. The number of alkyl carbamates (subject to hydrolysis) is 1. The number of carbonyl (C=O) groups is 2. The number of likely N-dealkylation sites (tertiary alicyclic amines) is 1. The molecule has 2 atom stereocenters. The summed E-state index contributed by atoms with van der Waals surface area (Å²) in [6, 6.07) is 9.03. The van der Waals surface area contributed by atoms with E-state index in [-0.39, 0.29) is 12.6 Å². The minimum absolute atomic E-state index is 0.197. The molecule has 1 aliphatic rings. The Labute approximate surface area is 154 Å². The van der Waals surface area contributed by atoms with Gasteiger partial charge in [0.2, 0.25) is 0 Å². The van der Waals surface area contributed by atoms with E-state index in [1.54, 1.807) is 20.8 Å². The van der Waals surface area contributed by atoms with Gasteiger partial charge in [-0.15, -0.1) is 0 Å². The Bertz CT molecular complexity index is 600. The number of aliphatic hydroxyl groups excluding tert-OH is 1. The van der Waals surface area contributed by atoms with Crippen molar-refractivity contribution < 1.29 is 24.2 Å². The maximum absolute atomic E-state index is 12.3. The molecule has 0 aliphatic carbocycles. The molecule has 26 heavy (non-hydrogen) atoms. The van der Waals surface area contributed by atoms with E-state index in [1.165, 1.54) is 4.90 Å². The molecule has 7 heteroatoms. The van der Waals surface area contributed by atoms with Crippen molar-refractivity contribution in [1.29, 1.82) is 0 Å². The number of amides is 2. The Balaban J connectivity index is 1.75. The number of benzene rings is 1. The molecule has 1 saturated heterocycles. The van der Waals surface area contributed by atoms with Crippen molar-refractivity contribution >= 4 is 12.2 Å². The van der Waals surface area contributed by atoms with Gasteiger partial charge in [0.15, 0.2) is 0 Å². The largest absolute Gasteiger partial charge is 0.445 e. The average molecular weight is 364 g/mol. The van der Waals surface area contributed by atoms with E-state index in [0.717, 1.165) is 5.56 Å². The average Bonchev–Trinajstić information content (AvgIpc) is 2.93. The van der Waals surface area contributed by atoms with Crippen molar-refractivity contribution in [2.24, 2.45) is 0 Å². The van der Waals surface area contributed by atoms with Crippen LogP contribution in [0.4, 0.5) is 9.59 Å². The molecule has 1 aliphatic heterocycles. The molecule has 0 bridgehead atoms. The summed E-state index contributed by atoms with van der Waals surface area (Å²) in [5.74, 6) is 0. The quantitative estimate of drug-likeness (QED) is 0.839. The first-order valence-electron chi connectivity index (χ1n) is 8.88. The fourth-order valence-electron chi connectivity index (χ4n) is 2.83. The molecule has 2 N–H and O–H groups in total. The molecule has 0 spiro atoms. The van der Waals surface area contributed by atoms with Crippen LogP contribution in [0.5, 0.6) is 0 Å². The topological polar surface area (TPSA) is 88.1 Å². The SMILES string of the molecule is CC(C)(C)OC(=O)N1CC[C@H](O)[C@H]1CCNC(=O)OCc1ccccc1. The molecule has 2 amide bonds. The summed E-state index contributed by atoms with van der Waals surface area (Å²) in [6.07, 6.45) is -0.649. The van der Waals surface area contributed by atoms with Crippen LogP contribution in [-0.4, -0.2) is 53.0 Å². The van der Waals surface area contributed by atoms with Crippen LogP contribution < -0.4 is 5.32 Å². The van der Waals surface area contributed by atoms with E-state index >= 15 is 0 Å². The molecule has 0 unspecified atom stereocenters. The number of nitrogens with zero attached hydrogens (tertiary/aromatic N) is 1. The van der Waals surface area contributed by atoms with E-state index in [4.69, 9.17) is 9.47 Å². The second-order valence-corrected chi connectivity index (χ2v) is 7.37. The van der Waals surface area contributed by atoms with Crippen LogP contribution in [0.3, 0.4) is 0 Å².